The lowest BCUT2D eigenvalue weighted by Gasteiger charge is -2.16. The minimum Gasteiger partial charge on any atom is -0.314 e. The van der Waals surface area contributed by atoms with Crippen molar-refractivity contribution < 1.29 is 0 Å². The number of thiophene rings is 1. The molecule has 0 aromatic carbocycles. The van der Waals surface area contributed by atoms with Crippen molar-refractivity contribution in [3.63, 3.8) is 0 Å². The Kier molecular flexibility index (Phi) is 3.62. The van der Waals surface area contributed by atoms with Gasteiger partial charge in [-0.25, -0.2) is 0 Å². The van der Waals surface area contributed by atoms with E-state index in [0.717, 1.165) is 6.04 Å². The fourth-order valence-electron chi connectivity index (χ4n) is 3.01. The van der Waals surface area contributed by atoms with Crippen LogP contribution in [0.1, 0.15) is 49.0 Å². The van der Waals surface area contributed by atoms with E-state index in [1.807, 2.05) is 11.3 Å². The van der Waals surface area contributed by atoms with Crippen molar-refractivity contribution >= 4 is 17.4 Å². The van der Waals surface area contributed by atoms with Crippen molar-refractivity contribution in [3.05, 3.63) is 27.5 Å². The molecule has 1 aromatic heterocycles. The number of aryl methyl sites for hydroxylation is 1. The molecule has 0 saturated heterocycles. The standard InChI is InChI=1S/C15H21NS/c1-2-4-14(3-1)16-9-7-12-5-6-15-13(11-12)8-10-17-15/h8,10-11,14,16H,1-7,9H2. The predicted octanol–water partition coefficient (Wildman–Crippen LogP) is 4.00. The van der Waals surface area contributed by atoms with E-state index in [4.69, 9.17) is 0 Å². The van der Waals surface area contributed by atoms with Crippen LogP contribution in [0.3, 0.4) is 0 Å². The average molecular weight is 247 g/mol. The first kappa shape index (κ1) is 11.5. The normalized spacial score (nSPS) is 20.4. The van der Waals surface area contributed by atoms with Crippen LogP contribution in [-0.2, 0) is 6.42 Å². The molecule has 1 aromatic rings. The second-order valence-electron chi connectivity index (χ2n) is 5.29. The lowest BCUT2D eigenvalue weighted by atomic mass is 9.96. The zero-order valence-corrected chi connectivity index (χ0v) is 11.2. The molecule has 17 heavy (non-hydrogen) atoms. The van der Waals surface area contributed by atoms with Gasteiger partial charge in [-0.2, -0.15) is 0 Å². The Morgan fingerprint density at radius 2 is 2.12 bits per heavy atom. The first-order valence-electron chi connectivity index (χ1n) is 6.91. The van der Waals surface area contributed by atoms with Crippen molar-refractivity contribution in [1.82, 2.24) is 5.32 Å². The average Bonchev–Trinajstić information content (AvgIpc) is 2.98. The van der Waals surface area contributed by atoms with Crippen LogP contribution in [0, 0.1) is 0 Å². The Hall–Kier alpha value is -0.600. The molecule has 1 heterocycles. The van der Waals surface area contributed by atoms with Crippen LogP contribution >= 0.6 is 11.3 Å². The van der Waals surface area contributed by atoms with Crippen LogP contribution in [0.4, 0.5) is 0 Å². The summed E-state index contributed by atoms with van der Waals surface area (Å²) in [5, 5.41) is 5.93. The van der Waals surface area contributed by atoms with Gasteiger partial charge in [-0.15, -0.1) is 11.3 Å². The molecule has 0 unspecified atom stereocenters. The number of rotatable bonds is 4. The van der Waals surface area contributed by atoms with Gasteiger partial charge in [0.2, 0.25) is 0 Å². The largest absolute Gasteiger partial charge is 0.314 e. The maximum absolute atomic E-state index is 3.71. The van der Waals surface area contributed by atoms with Crippen LogP contribution in [0.25, 0.3) is 6.08 Å². The van der Waals surface area contributed by atoms with Gasteiger partial charge >= 0.3 is 0 Å². The molecule has 0 atom stereocenters. The van der Waals surface area contributed by atoms with E-state index >= 15 is 0 Å². The molecule has 1 N–H and O–H groups in total. The molecule has 1 saturated carbocycles. The quantitative estimate of drug-likeness (QED) is 0.848. The van der Waals surface area contributed by atoms with Crippen LogP contribution in [0.15, 0.2) is 17.0 Å². The van der Waals surface area contributed by atoms with Crippen LogP contribution < -0.4 is 5.32 Å². The topological polar surface area (TPSA) is 12.0 Å². The second-order valence-corrected chi connectivity index (χ2v) is 6.29. The van der Waals surface area contributed by atoms with E-state index in [-0.39, 0.29) is 0 Å². The van der Waals surface area contributed by atoms with Gasteiger partial charge in [-0.3, -0.25) is 0 Å². The first-order chi connectivity index (χ1) is 8.42. The maximum atomic E-state index is 3.71. The van der Waals surface area contributed by atoms with Crippen molar-refractivity contribution in [1.29, 1.82) is 0 Å². The van der Waals surface area contributed by atoms with Crippen molar-refractivity contribution in [2.75, 3.05) is 6.54 Å². The fourth-order valence-corrected chi connectivity index (χ4v) is 3.87. The van der Waals surface area contributed by atoms with E-state index in [1.54, 1.807) is 10.5 Å². The monoisotopic (exact) mass is 247 g/mol. The molecule has 1 fully saturated rings. The van der Waals surface area contributed by atoms with E-state index in [0.29, 0.717) is 0 Å². The van der Waals surface area contributed by atoms with E-state index in [1.165, 1.54) is 57.1 Å². The second kappa shape index (κ2) is 5.36. The van der Waals surface area contributed by atoms with E-state index in [2.05, 4.69) is 22.8 Å². The van der Waals surface area contributed by atoms with Gasteiger partial charge in [0.1, 0.15) is 0 Å². The van der Waals surface area contributed by atoms with E-state index in [9.17, 15) is 0 Å². The summed E-state index contributed by atoms with van der Waals surface area (Å²) in [6, 6.07) is 3.08. The lowest BCUT2D eigenvalue weighted by Crippen LogP contribution is -2.27. The van der Waals surface area contributed by atoms with Crippen LogP contribution in [0.2, 0.25) is 0 Å². The highest BCUT2D eigenvalue weighted by atomic mass is 32.1. The molecular formula is C15H21NS. The Balaban J connectivity index is 1.49. The van der Waals surface area contributed by atoms with Crippen molar-refractivity contribution in [2.45, 2.75) is 51.0 Å². The molecule has 0 radical (unpaired) electrons. The van der Waals surface area contributed by atoms with Gasteiger partial charge in [-0.1, -0.05) is 24.5 Å². The smallest absolute Gasteiger partial charge is 0.0121 e. The molecular weight excluding hydrogens is 226 g/mol. The Morgan fingerprint density at radius 1 is 1.24 bits per heavy atom. The summed E-state index contributed by atoms with van der Waals surface area (Å²) in [6.45, 7) is 1.18. The van der Waals surface area contributed by atoms with Gasteiger partial charge in [0.15, 0.2) is 0 Å². The van der Waals surface area contributed by atoms with Crippen molar-refractivity contribution in [3.8, 4) is 0 Å². The summed E-state index contributed by atoms with van der Waals surface area (Å²) < 4.78 is 0. The molecule has 0 spiro atoms. The molecule has 3 rings (SSSR count). The highest BCUT2D eigenvalue weighted by Crippen LogP contribution is 2.29. The van der Waals surface area contributed by atoms with Gasteiger partial charge in [0, 0.05) is 10.9 Å². The number of fused-ring (bicyclic) bond motifs is 1. The highest BCUT2D eigenvalue weighted by Gasteiger charge is 2.15. The Morgan fingerprint density at radius 3 is 3.00 bits per heavy atom. The third-order valence-electron chi connectivity index (χ3n) is 4.05. The molecule has 1 nitrogen and oxygen atoms in total. The van der Waals surface area contributed by atoms with Crippen LogP contribution in [-0.4, -0.2) is 12.6 Å². The summed E-state index contributed by atoms with van der Waals surface area (Å²) in [7, 11) is 0. The zero-order valence-electron chi connectivity index (χ0n) is 10.4. The third-order valence-corrected chi connectivity index (χ3v) is 5.04. The molecule has 0 amide bonds. The predicted molar refractivity (Wildman–Crippen MR) is 75.5 cm³/mol. The molecule has 2 heteroatoms. The summed E-state index contributed by atoms with van der Waals surface area (Å²) in [5.74, 6) is 0. The van der Waals surface area contributed by atoms with Gasteiger partial charge in [-0.05, 0) is 55.7 Å². The van der Waals surface area contributed by atoms with Gasteiger partial charge in [0.25, 0.3) is 0 Å². The molecule has 2 aliphatic carbocycles. The highest BCUT2D eigenvalue weighted by molar-refractivity contribution is 7.10. The maximum Gasteiger partial charge on any atom is 0.0121 e. The minimum atomic E-state index is 0.816. The zero-order chi connectivity index (χ0) is 11.5. The van der Waals surface area contributed by atoms with Crippen LogP contribution in [0.5, 0.6) is 0 Å². The molecule has 0 bridgehead atoms. The van der Waals surface area contributed by atoms with Crippen molar-refractivity contribution in [2.24, 2.45) is 0 Å². The summed E-state index contributed by atoms with van der Waals surface area (Å²) in [5.41, 5.74) is 3.12. The van der Waals surface area contributed by atoms with Gasteiger partial charge < -0.3 is 5.32 Å². The molecule has 0 aliphatic heterocycles. The summed E-state index contributed by atoms with van der Waals surface area (Å²) in [4.78, 5) is 1.58. The fraction of sp³-hybridized carbons (Fsp3) is 0.600. The molecule has 92 valence electrons. The first-order valence-corrected chi connectivity index (χ1v) is 7.79. The number of hydrogen-bond donors (Lipinski definition) is 1. The lowest BCUT2D eigenvalue weighted by molar-refractivity contribution is 0.525. The SMILES string of the molecule is C1=C(CCNC2CCCC2)CCc2sccc21. The Bertz CT molecular complexity index is 399. The minimum absolute atomic E-state index is 0.816. The number of hydrogen-bond acceptors (Lipinski definition) is 2. The van der Waals surface area contributed by atoms with E-state index < -0.39 is 0 Å². The third kappa shape index (κ3) is 2.80. The molecule has 2 aliphatic rings. The Labute approximate surface area is 108 Å². The summed E-state index contributed by atoms with van der Waals surface area (Å²) in [6.07, 6.45) is 11.9. The number of nitrogens with one attached hydrogen (secondary N) is 1. The van der Waals surface area contributed by atoms with Gasteiger partial charge in [0.05, 0.1) is 0 Å². The summed E-state index contributed by atoms with van der Waals surface area (Å²) >= 11 is 1.91.